The van der Waals surface area contributed by atoms with Gasteiger partial charge in [-0.2, -0.15) is 0 Å². The van der Waals surface area contributed by atoms with Crippen molar-refractivity contribution in [1.82, 2.24) is 20.0 Å². The maximum Gasteiger partial charge on any atom is 0.242 e. The van der Waals surface area contributed by atoms with Gasteiger partial charge in [0.1, 0.15) is 12.3 Å². The van der Waals surface area contributed by atoms with Crippen LogP contribution in [0, 0.1) is 6.92 Å². The Morgan fingerprint density at radius 2 is 1.69 bits per heavy atom. The van der Waals surface area contributed by atoms with Gasteiger partial charge in [-0.1, -0.05) is 60.2 Å². The Kier molecular flexibility index (Phi) is 8.31. The lowest BCUT2D eigenvalue weighted by Gasteiger charge is -2.27. The van der Waals surface area contributed by atoms with Crippen molar-refractivity contribution < 1.29 is 14.0 Å². The van der Waals surface area contributed by atoms with Crippen molar-refractivity contribution in [2.45, 2.75) is 26.3 Å². The van der Waals surface area contributed by atoms with Crippen LogP contribution < -0.4 is 4.90 Å². The number of carbonyl (C=O) groups excluding carboxylic acids is 2. The summed E-state index contributed by atoms with van der Waals surface area (Å²) in [5, 5.41) is 8.92. The van der Waals surface area contributed by atoms with E-state index in [1.807, 2.05) is 65.6 Å². The van der Waals surface area contributed by atoms with Crippen LogP contribution in [0.25, 0.3) is 11.3 Å². The van der Waals surface area contributed by atoms with E-state index in [-0.39, 0.29) is 31.3 Å². The summed E-state index contributed by atoms with van der Waals surface area (Å²) in [6, 6.07) is 25.4. The summed E-state index contributed by atoms with van der Waals surface area (Å²) in [6.45, 7) is 4.95. The van der Waals surface area contributed by atoms with Gasteiger partial charge in [-0.25, -0.2) is 0 Å². The highest BCUT2D eigenvalue weighted by atomic mass is 16.3. The second-order valence-corrected chi connectivity index (χ2v) is 9.86. The molecule has 2 aromatic heterocycles. The van der Waals surface area contributed by atoms with Crippen LogP contribution in [-0.4, -0.2) is 64.5 Å². The topological polar surface area (TPSA) is 82.8 Å². The number of aromatic nitrogens is 2. The van der Waals surface area contributed by atoms with Crippen LogP contribution in [0.15, 0.2) is 89.5 Å². The normalized spacial score (nSPS) is 13.7. The van der Waals surface area contributed by atoms with Gasteiger partial charge in [0.15, 0.2) is 5.82 Å². The number of benzene rings is 2. The van der Waals surface area contributed by atoms with Gasteiger partial charge in [0.2, 0.25) is 11.8 Å². The monoisotopic (exact) mass is 523 g/mol. The molecule has 8 heteroatoms. The van der Waals surface area contributed by atoms with Gasteiger partial charge in [0.05, 0.1) is 24.9 Å². The quantitative estimate of drug-likeness (QED) is 0.341. The first kappa shape index (κ1) is 26.2. The third kappa shape index (κ3) is 6.90. The lowest BCUT2D eigenvalue weighted by molar-refractivity contribution is -0.140. The molecule has 8 nitrogen and oxygen atoms in total. The molecule has 2 amide bonds. The number of amides is 2. The lowest BCUT2D eigenvalue weighted by Crippen LogP contribution is -2.44. The van der Waals surface area contributed by atoms with E-state index in [4.69, 9.17) is 4.42 Å². The molecule has 1 aliphatic heterocycles. The smallest absolute Gasteiger partial charge is 0.242 e. The van der Waals surface area contributed by atoms with Gasteiger partial charge in [-0.05, 0) is 43.2 Å². The summed E-state index contributed by atoms with van der Waals surface area (Å²) in [6.07, 6.45) is 2.62. The van der Waals surface area contributed by atoms with Crippen molar-refractivity contribution in [3.05, 3.63) is 102 Å². The zero-order chi connectivity index (χ0) is 27.0. The minimum atomic E-state index is -0.105. The summed E-state index contributed by atoms with van der Waals surface area (Å²) in [5.74, 6) is 1.29. The third-order valence-electron chi connectivity index (χ3n) is 6.97. The average molecular weight is 524 g/mol. The second kappa shape index (κ2) is 12.4. The first-order valence-corrected chi connectivity index (χ1v) is 13.3. The minimum Gasteiger partial charge on any atom is -0.467 e. The number of hydrogen-bond donors (Lipinski definition) is 0. The molecule has 0 atom stereocenters. The van der Waals surface area contributed by atoms with E-state index in [9.17, 15) is 9.59 Å². The molecule has 0 N–H and O–H groups in total. The first-order valence-electron chi connectivity index (χ1n) is 13.3. The molecule has 0 radical (unpaired) electrons. The molecule has 1 saturated heterocycles. The lowest BCUT2D eigenvalue weighted by atomic mass is 10.1. The van der Waals surface area contributed by atoms with Gasteiger partial charge in [0.25, 0.3) is 0 Å². The molecule has 200 valence electrons. The molecule has 39 heavy (non-hydrogen) atoms. The molecule has 0 saturated carbocycles. The highest BCUT2D eigenvalue weighted by molar-refractivity contribution is 5.86. The average Bonchev–Trinajstić information content (AvgIpc) is 3.35. The molecular weight excluding hydrogens is 490 g/mol. The zero-order valence-corrected chi connectivity index (χ0v) is 22.2. The molecule has 1 fully saturated rings. The van der Waals surface area contributed by atoms with E-state index in [0.717, 1.165) is 35.6 Å². The molecule has 0 spiro atoms. The van der Waals surface area contributed by atoms with Gasteiger partial charge in [-0.15, -0.1) is 10.2 Å². The number of aryl methyl sites for hydroxylation is 1. The first-order chi connectivity index (χ1) is 19.0. The van der Waals surface area contributed by atoms with Crippen LogP contribution in [0.1, 0.15) is 23.3 Å². The minimum absolute atomic E-state index is 0.0113. The zero-order valence-electron chi connectivity index (χ0n) is 22.2. The maximum absolute atomic E-state index is 13.4. The molecule has 3 heterocycles. The van der Waals surface area contributed by atoms with Crippen LogP contribution >= 0.6 is 0 Å². The van der Waals surface area contributed by atoms with Crippen molar-refractivity contribution >= 4 is 17.6 Å². The van der Waals surface area contributed by atoms with E-state index < -0.39 is 0 Å². The number of carbonyl (C=O) groups is 2. The predicted octanol–water partition coefficient (Wildman–Crippen LogP) is 4.36. The summed E-state index contributed by atoms with van der Waals surface area (Å²) >= 11 is 0. The molecule has 4 aromatic rings. The van der Waals surface area contributed by atoms with Gasteiger partial charge < -0.3 is 19.1 Å². The molecule has 0 unspecified atom stereocenters. The summed E-state index contributed by atoms with van der Waals surface area (Å²) in [4.78, 5) is 32.2. The van der Waals surface area contributed by atoms with Crippen molar-refractivity contribution in [2.75, 3.05) is 37.6 Å². The fourth-order valence-corrected chi connectivity index (χ4v) is 4.74. The standard InChI is InChI=1S/C31H33N5O3/c1-24-10-12-26(13-11-24)28-14-15-29(33-32-28)34-16-6-17-35(19-18-34)31(38)23-36(22-27-9-5-20-39-27)30(37)21-25-7-3-2-4-8-25/h2-5,7-15,20H,6,16-19,21-23H2,1H3. The molecule has 0 aliphatic carbocycles. The van der Waals surface area contributed by atoms with Crippen LogP contribution in [0.4, 0.5) is 5.82 Å². The van der Waals surface area contributed by atoms with E-state index in [1.54, 1.807) is 17.2 Å². The van der Waals surface area contributed by atoms with Crippen LogP contribution in [0.5, 0.6) is 0 Å². The van der Waals surface area contributed by atoms with E-state index >= 15 is 0 Å². The highest BCUT2D eigenvalue weighted by Crippen LogP contribution is 2.20. The van der Waals surface area contributed by atoms with Crippen LogP contribution in [0.2, 0.25) is 0 Å². The summed E-state index contributed by atoms with van der Waals surface area (Å²) < 4.78 is 5.48. The van der Waals surface area contributed by atoms with Crippen molar-refractivity contribution in [3.63, 3.8) is 0 Å². The largest absolute Gasteiger partial charge is 0.467 e. The van der Waals surface area contributed by atoms with E-state index in [1.165, 1.54) is 5.56 Å². The molecule has 1 aliphatic rings. The summed E-state index contributed by atoms with van der Waals surface area (Å²) in [5.41, 5.74) is 3.99. The molecule has 0 bridgehead atoms. The van der Waals surface area contributed by atoms with Crippen LogP contribution in [0.3, 0.4) is 0 Å². The van der Waals surface area contributed by atoms with Crippen molar-refractivity contribution in [2.24, 2.45) is 0 Å². The number of nitrogens with zero attached hydrogens (tertiary/aromatic N) is 5. The number of furan rings is 1. The van der Waals surface area contributed by atoms with E-state index in [2.05, 4.69) is 34.2 Å². The number of anilines is 1. The Balaban J connectivity index is 1.21. The Morgan fingerprint density at radius 1 is 0.872 bits per heavy atom. The Bertz CT molecular complexity index is 1360. The van der Waals surface area contributed by atoms with Gasteiger partial charge in [0, 0.05) is 31.7 Å². The molecule has 5 rings (SSSR count). The fourth-order valence-electron chi connectivity index (χ4n) is 4.74. The number of rotatable bonds is 8. The Hall–Kier alpha value is -4.46. The second-order valence-electron chi connectivity index (χ2n) is 9.86. The predicted molar refractivity (Wildman–Crippen MR) is 150 cm³/mol. The fraction of sp³-hybridized carbons (Fsp3) is 0.290. The number of hydrogen-bond acceptors (Lipinski definition) is 6. The molecule has 2 aromatic carbocycles. The van der Waals surface area contributed by atoms with Crippen molar-refractivity contribution in [3.8, 4) is 11.3 Å². The Morgan fingerprint density at radius 3 is 2.41 bits per heavy atom. The van der Waals surface area contributed by atoms with Crippen molar-refractivity contribution in [1.29, 1.82) is 0 Å². The van der Waals surface area contributed by atoms with Crippen LogP contribution in [-0.2, 0) is 22.6 Å². The van der Waals surface area contributed by atoms with Gasteiger partial charge in [-0.3, -0.25) is 9.59 Å². The van der Waals surface area contributed by atoms with Gasteiger partial charge >= 0.3 is 0 Å². The Labute approximate surface area is 228 Å². The highest BCUT2D eigenvalue weighted by Gasteiger charge is 2.25. The van der Waals surface area contributed by atoms with E-state index in [0.29, 0.717) is 25.4 Å². The SMILES string of the molecule is Cc1ccc(-c2ccc(N3CCCN(C(=O)CN(Cc4ccco4)C(=O)Cc4ccccc4)CC3)nn2)cc1. The summed E-state index contributed by atoms with van der Waals surface area (Å²) in [7, 11) is 0. The molecular formula is C31H33N5O3. The maximum atomic E-state index is 13.4. The third-order valence-corrected chi connectivity index (χ3v) is 6.97.